The van der Waals surface area contributed by atoms with Crippen molar-refractivity contribution in [3.8, 4) is 0 Å². The Bertz CT molecular complexity index is 463. The zero-order valence-corrected chi connectivity index (χ0v) is 13.2. The zero-order valence-electron chi connectivity index (χ0n) is 13.2. The Kier molecular flexibility index (Phi) is 3.63. The molecule has 22 heavy (non-hydrogen) atoms. The van der Waals surface area contributed by atoms with E-state index < -0.39 is 0 Å². The summed E-state index contributed by atoms with van der Waals surface area (Å²) in [6.07, 6.45) is 7.78. The van der Waals surface area contributed by atoms with Crippen LogP contribution in [0.5, 0.6) is 0 Å². The van der Waals surface area contributed by atoms with Crippen molar-refractivity contribution in [3.05, 3.63) is 0 Å². The molecule has 2 atom stereocenters. The highest BCUT2D eigenvalue weighted by Crippen LogP contribution is 2.42. The largest absolute Gasteiger partial charge is 0.336 e. The second-order valence-corrected chi connectivity index (χ2v) is 7.77. The molecule has 3 saturated carbocycles. The highest BCUT2D eigenvalue weighted by Gasteiger charge is 2.43. The Labute approximate surface area is 132 Å². The van der Waals surface area contributed by atoms with E-state index in [1.54, 1.807) is 0 Å². The van der Waals surface area contributed by atoms with Crippen LogP contribution in [-0.4, -0.2) is 53.3 Å². The summed E-state index contributed by atoms with van der Waals surface area (Å²) in [5.74, 6) is 1.51. The number of rotatable bonds is 2. The minimum atomic E-state index is 0.107. The number of carbonyl (C=O) groups is 2. The molecule has 1 aliphatic heterocycles. The maximum Gasteiger partial charge on any atom is 0.242 e. The first-order valence-corrected chi connectivity index (χ1v) is 8.97. The lowest BCUT2D eigenvalue weighted by Crippen LogP contribution is -2.56. The van der Waals surface area contributed by atoms with Crippen molar-refractivity contribution in [2.24, 2.45) is 23.5 Å². The van der Waals surface area contributed by atoms with Gasteiger partial charge in [0.15, 0.2) is 0 Å². The number of fused-ring (bicyclic) bond motifs is 2. The minimum absolute atomic E-state index is 0.107. The Morgan fingerprint density at radius 3 is 2.32 bits per heavy atom. The third-order valence-electron chi connectivity index (χ3n) is 6.32. The van der Waals surface area contributed by atoms with Gasteiger partial charge in [0.2, 0.25) is 11.8 Å². The van der Waals surface area contributed by atoms with Crippen LogP contribution in [0.15, 0.2) is 0 Å². The molecule has 1 saturated heterocycles. The first-order chi connectivity index (χ1) is 10.6. The quantitative estimate of drug-likeness (QED) is 0.827. The van der Waals surface area contributed by atoms with Gasteiger partial charge in [-0.2, -0.15) is 0 Å². The highest BCUT2D eigenvalue weighted by molar-refractivity contribution is 5.87. The predicted octanol–water partition coefficient (Wildman–Crippen LogP) is 0.973. The molecule has 5 nitrogen and oxygen atoms in total. The van der Waals surface area contributed by atoms with Crippen LogP contribution in [0.2, 0.25) is 0 Å². The van der Waals surface area contributed by atoms with Crippen molar-refractivity contribution < 1.29 is 9.59 Å². The van der Waals surface area contributed by atoms with Gasteiger partial charge < -0.3 is 15.5 Å². The fraction of sp³-hybridized carbons (Fsp3) is 0.882. The van der Waals surface area contributed by atoms with Gasteiger partial charge >= 0.3 is 0 Å². The molecular weight excluding hydrogens is 278 g/mol. The van der Waals surface area contributed by atoms with Crippen LogP contribution in [0.3, 0.4) is 0 Å². The van der Waals surface area contributed by atoms with Crippen molar-refractivity contribution in [3.63, 3.8) is 0 Å². The molecule has 122 valence electrons. The number of amides is 2. The zero-order chi connectivity index (χ0) is 15.3. The van der Waals surface area contributed by atoms with Crippen LogP contribution in [0.1, 0.15) is 44.9 Å². The van der Waals surface area contributed by atoms with Gasteiger partial charge in [-0.05, 0) is 50.4 Å². The third kappa shape index (κ3) is 2.53. The molecule has 4 aliphatic rings. The van der Waals surface area contributed by atoms with Crippen molar-refractivity contribution in [2.45, 2.75) is 57.0 Å². The van der Waals surface area contributed by atoms with Crippen LogP contribution >= 0.6 is 0 Å². The fourth-order valence-corrected chi connectivity index (χ4v) is 4.90. The van der Waals surface area contributed by atoms with E-state index in [0.29, 0.717) is 30.5 Å². The Morgan fingerprint density at radius 1 is 1.05 bits per heavy atom. The van der Waals surface area contributed by atoms with Crippen molar-refractivity contribution in [1.82, 2.24) is 9.80 Å². The van der Waals surface area contributed by atoms with Crippen LogP contribution in [0.4, 0.5) is 0 Å². The molecule has 0 spiro atoms. The lowest BCUT2D eigenvalue weighted by Gasteiger charge is -2.45. The number of hydrogen-bond acceptors (Lipinski definition) is 3. The Morgan fingerprint density at radius 2 is 1.73 bits per heavy atom. The number of nitrogens with zero attached hydrogens (tertiary/aromatic N) is 2. The third-order valence-corrected chi connectivity index (χ3v) is 6.32. The number of piperazine rings is 1. The molecule has 3 aliphatic carbocycles. The summed E-state index contributed by atoms with van der Waals surface area (Å²) in [6.45, 7) is 1.75. The second kappa shape index (κ2) is 5.52. The number of carbonyl (C=O) groups excluding carboxylic acids is 2. The van der Waals surface area contributed by atoms with E-state index in [2.05, 4.69) is 0 Å². The average molecular weight is 305 g/mol. The molecule has 4 fully saturated rings. The molecule has 5 heteroatoms. The molecular formula is C17H27N3O2. The molecule has 4 rings (SSSR count). The topological polar surface area (TPSA) is 66.6 Å². The summed E-state index contributed by atoms with van der Waals surface area (Å²) < 4.78 is 0. The van der Waals surface area contributed by atoms with Crippen molar-refractivity contribution in [1.29, 1.82) is 0 Å². The average Bonchev–Trinajstić information content (AvgIpc) is 3.30. The van der Waals surface area contributed by atoms with E-state index in [-0.39, 0.29) is 17.7 Å². The molecule has 2 unspecified atom stereocenters. The summed E-state index contributed by atoms with van der Waals surface area (Å²) in [5.41, 5.74) is 6.32. The van der Waals surface area contributed by atoms with Crippen LogP contribution in [0.25, 0.3) is 0 Å². The highest BCUT2D eigenvalue weighted by atomic mass is 16.2. The van der Waals surface area contributed by atoms with E-state index in [0.717, 1.165) is 38.8 Å². The van der Waals surface area contributed by atoms with E-state index in [1.807, 2.05) is 9.80 Å². The summed E-state index contributed by atoms with van der Waals surface area (Å²) in [5, 5.41) is 0. The molecule has 2 N–H and O–H groups in total. The standard InChI is InChI=1S/C17H27N3O2/c18-16-11-2-1-3-12(16)9-13(8-11)17(22)19-6-7-20(14-4-5-14)15(21)10-19/h11-14,16H,1-10,18H2. The van der Waals surface area contributed by atoms with Crippen LogP contribution in [-0.2, 0) is 9.59 Å². The summed E-state index contributed by atoms with van der Waals surface area (Å²) in [4.78, 5) is 28.9. The molecule has 2 bridgehead atoms. The Hall–Kier alpha value is -1.10. The first kappa shape index (κ1) is 14.5. The van der Waals surface area contributed by atoms with Gasteiger partial charge in [0.1, 0.15) is 0 Å². The fourth-order valence-electron chi connectivity index (χ4n) is 4.90. The molecule has 2 amide bonds. The maximum absolute atomic E-state index is 12.8. The summed E-state index contributed by atoms with van der Waals surface area (Å²) in [7, 11) is 0. The van der Waals surface area contributed by atoms with Gasteiger partial charge in [-0.1, -0.05) is 6.42 Å². The summed E-state index contributed by atoms with van der Waals surface area (Å²) in [6, 6.07) is 0.767. The van der Waals surface area contributed by atoms with Gasteiger partial charge in [-0.15, -0.1) is 0 Å². The van der Waals surface area contributed by atoms with Gasteiger partial charge in [0.05, 0.1) is 6.54 Å². The molecule has 0 aromatic rings. The van der Waals surface area contributed by atoms with Crippen LogP contribution < -0.4 is 5.73 Å². The monoisotopic (exact) mass is 305 g/mol. The SMILES string of the molecule is NC1C2CCCC1CC(C(=O)N1CCN(C3CC3)C(=O)C1)C2. The van der Waals surface area contributed by atoms with Crippen LogP contribution in [0, 0.1) is 17.8 Å². The van der Waals surface area contributed by atoms with E-state index in [4.69, 9.17) is 5.73 Å². The smallest absolute Gasteiger partial charge is 0.242 e. The van der Waals surface area contributed by atoms with Crippen molar-refractivity contribution in [2.75, 3.05) is 19.6 Å². The first-order valence-electron chi connectivity index (χ1n) is 8.97. The molecule has 0 aromatic carbocycles. The van der Waals surface area contributed by atoms with Crippen molar-refractivity contribution >= 4 is 11.8 Å². The van der Waals surface area contributed by atoms with Gasteiger partial charge in [-0.25, -0.2) is 0 Å². The maximum atomic E-state index is 12.8. The number of hydrogen-bond donors (Lipinski definition) is 1. The lowest BCUT2D eigenvalue weighted by atomic mass is 9.65. The number of nitrogens with two attached hydrogens (primary N) is 1. The summed E-state index contributed by atoms with van der Waals surface area (Å²) >= 11 is 0. The van der Waals surface area contributed by atoms with Gasteiger partial charge in [0.25, 0.3) is 0 Å². The van der Waals surface area contributed by atoms with Gasteiger partial charge in [0, 0.05) is 31.1 Å². The van der Waals surface area contributed by atoms with E-state index in [1.165, 1.54) is 19.3 Å². The van der Waals surface area contributed by atoms with E-state index in [9.17, 15) is 9.59 Å². The molecule has 1 heterocycles. The minimum Gasteiger partial charge on any atom is -0.336 e. The van der Waals surface area contributed by atoms with E-state index >= 15 is 0 Å². The lowest BCUT2D eigenvalue weighted by molar-refractivity contribution is -0.149. The Balaban J connectivity index is 1.39. The molecule has 0 radical (unpaired) electrons. The second-order valence-electron chi connectivity index (χ2n) is 7.77. The predicted molar refractivity (Wildman–Crippen MR) is 82.8 cm³/mol. The molecule has 0 aromatic heterocycles. The normalized spacial score (nSPS) is 39.0. The van der Waals surface area contributed by atoms with Gasteiger partial charge in [-0.3, -0.25) is 9.59 Å².